The quantitative estimate of drug-likeness (QED) is 0.484. The molecule has 0 aliphatic rings. The molecule has 3 N–H and O–H groups in total. The average molecular weight is 421 g/mol. The second-order valence-corrected chi connectivity index (χ2v) is 8.65. The topological polar surface area (TPSA) is 163 Å². The van der Waals surface area contributed by atoms with E-state index in [9.17, 15) is 38.9 Å². The van der Waals surface area contributed by atoms with E-state index in [4.69, 9.17) is 0 Å². The molecule has 0 atom stereocenters. The molecule has 0 amide bonds. The molecule has 0 bridgehead atoms. The molecular formula is C12H12MgO9S3. The zero-order valence-corrected chi connectivity index (χ0v) is 16.2. The average Bonchev–Trinajstić information content (AvgIpc) is 2.41. The van der Waals surface area contributed by atoms with Gasteiger partial charge in [0.1, 0.15) is 14.7 Å². The fourth-order valence-electron chi connectivity index (χ4n) is 2.34. The first-order valence-corrected chi connectivity index (χ1v) is 10.3. The van der Waals surface area contributed by atoms with Crippen molar-refractivity contribution in [1.29, 1.82) is 0 Å². The molecule has 0 heterocycles. The molecule has 9 nitrogen and oxygen atoms in total. The fraction of sp³-hybridized carbons (Fsp3) is 0. The van der Waals surface area contributed by atoms with Gasteiger partial charge in [0.25, 0.3) is 30.4 Å². The third-order valence-electron chi connectivity index (χ3n) is 3.10. The van der Waals surface area contributed by atoms with Crippen molar-refractivity contribution in [3.63, 3.8) is 0 Å². The van der Waals surface area contributed by atoms with Crippen molar-refractivity contribution in [3.8, 4) is 0 Å². The summed E-state index contributed by atoms with van der Waals surface area (Å²) in [5.74, 6) is 0. The van der Waals surface area contributed by atoms with Gasteiger partial charge >= 0.3 is 23.1 Å². The Morgan fingerprint density at radius 1 is 0.760 bits per heavy atom. The third-order valence-corrected chi connectivity index (χ3v) is 6.16. The van der Waals surface area contributed by atoms with Crippen molar-refractivity contribution in [2.45, 2.75) is 14.7 Å². The maximum Gasteiger partial charge on any atom is 2.00 e. The minimum atomic E-state index is -5.48. The van der Waals surface area contributed by atoms with Crippen LogP contribution in [0.5, 0.6) is 0 Å². The zero-order chi connectivity index (χ0) is 18.5. The third kappa shape index (κ3) is 4.03. The van der Waals surface area contributed by atoms with E-state index in [2.05, 4.69) is 6.58 Å². The summed E-state index contributed by atoms with van der Waals surface area (Å²) >= 11 is 0. The Hall–Kier alpha value is -1.06. The van der Waals surface area contributed by atoms with Crippen molar-refractivity contribution in [2.24, 2.45) is 0 Å². The number of hydrogen-bond acceptors (Lipinski definition) is 6. The van der Waals surface area contributed by atoms with Crippen LogP contribution < -0.4 is 0 Å². The van der Waals surface area contributed by atoms with Gasteiger partial charge in [-0.2, -0.15) is 25.3 Å². The molecule has 2 aromatic carbocycles. The van der Waals surface area contributed by atoms with Crippen LogP contribution in [0.4, 0.5) is 0 Å². The molecule has 2 rings (SSSR count). The molecular weight excluding hydrogens is 409 g/mol. The summed E-state index contributed by atoms with van der Waals surface area (Å²) in [6, 6.07) is 4.99. The summed E-state index contributed by atoms with van der Waals surface area (Å²) in [6.45, 7) is 3.31. The molecule has 0 saturated heterocycles. The van der Waals surface area contributed by atoms with E-state index in [-0.39, 0.29) is 36.7 Å². The van der Waals surface area contributed by atoms with Gasteiger partial charge in [-0.15, -0.1) is 0 Å². The van der Waals surface area contributed by atoms with Gasteiger partial charge < -0.3 is 2.85 Å². The Kier molecular flexibility index (Phi) is 6.08. The van der Waals surface area contributed by atoms with Crippen molar-refractivity contribution in [3.05, 3.63) is 36.4 Å². The summed E-state index contributed by atoms with van der Waals surface area (Å²) in [4.78, 5) is -4.41. The van der Waals surface area contributed by atoms with Gasteiger partial charge in [-0.25, -0.2) is 0 Å². The molecule has 0 radical (unpaired) electrons. The minimum Gasteiger partial charge on any atom is -1.00 e. The molecule has 134 valence electrons. The van der Waals surface area contributed by atoms with E-state index >= 15 is 0 Å². The monoisotopic (exact) mass is 420 g/mol. The first-order valence-electron chi connectivity index (χ1n) is 5.93. The van der Waals surface area contributed by atoms with Gasteiger partial charge in [-0.3, -0.25) is 13.7 Å². The van der Waals surface area contributed by atoms with Crippen molar-refractivity contribution in [2.75, 3.05) is 0 Å². The summed E-state index contributed by atoms with van der Waals surface area (Å²) in [5.41, 5.74) is -0.451. The van der Waals surface area contributed by atoms with Crippen molar-refractivity contribution >= 4 is 70.3 Å². The normalized spacial score (nSPS) is 12.6. The first-order chi connectivity index (χ1) is 10.8. The van der Waals surface area contributed by atoms with Crippen molar-refractivity contribution < 1.29 is 41.8 Å². The van der Waals surface area contributed by atoms with Gasteiger partial charge in [0.2, 0.25) is 0 Å². The largest absolute Gasteiger partial charge is 2.00 e. The molecule has 0 aliphatic carbocycles. The Balaban J connectivity index is 0. The van der Waals surface area contributed by atoms with E-state index in [1.54, 1.807) is 0 Å². The van der Waals surface area contributed by atoms with Crippen LogP contribution in [0.1, 0.15) is 8.42 Å². The van der Waals surface area contributed by atoms with E-state index in [1.165, 1.54) is 18.2 Å². The Morgan fingerprint density at radius 3 is 1.52 bits per heavy atom. The summed E-state index contributed by atoms with van der Waals surface area (Å²) in [5, 5.41) is -0.505. The second-order valence-electron chi connectivity index (χ2n) is 4.58. The number of rotatable bonds is 4. The Labute approximate surface area is 162 Å². The Morgan fingerprint density at radius 2 is 1.16 bits per heavy atom. The Bertz CT molecular complexity index is 1190. The van der Waals surface area contributed by atoms with Crippen LogP contribution in [0, 0.1) is 0 Å². The molecule has 0 aromatic heterocycles. The summed E-state index contributed by atoms with van der Waals surface area (Å²) < 4.78 is 98.0. The number of hydrogen-bond donors (Lipinski definition) is 3. The van der Waals surface area contributed by atoms with Crippen LogP contribution >= 0.6 is 0 Å². The SMILES string of the molecule is C=Cc1c(S(=O)(=O)O)c(S(=O)(=O)O)c(S(=O)(=O)O)c2ccccc12.[H-].[H-].[Mg+2]. The molecule has 0 saturated carbocycles. The molecule has 25 heavy (non-hydrogen) atoms. The van der Waals surface area contributed by atoms with E-state index in [0.29, 0.717) is 0 Å². The van der Waals surface area contributed by atoms with Crippen LogP contribution in [-0.2, 0) is 30.4 Å². The van der Waals surface area contributed by atoms with Gasteiger partial charge in [-0.05, 0) is 5.39 Å². The number of fused-ring (bicyclic) bond motifs is 1. The van der Waals surface area contributed by atoms with Crippen LogP contribution in [0.2, 0.25) is 0 Å². The number of benzene rings is 2. The molecule has 13 heteroatoms. The maximum atomic E-state index is 11.7. The smallest absolute Gasteiger partial charge is 1.00 e. The van der Waals surface area contributed by atoms with Gasteiger partial charge in [-0.1, -0.05) is 36.9 Å². The van der Waals surface area contributed by atoms with Gasteiger partial charge in [0.05, 0.1) is 0 Å². The fourth-order valence-corrected chi connectivity index (χ4v) is 5.95. The van der Waals surface area contributed by atoms with Crippen LogP contribution in [0.25, 0.3) is 16.8 Å². The molecule has 0 unspecified atom stereocenters. The van der Waals surface area contributed by atoms with Gasteiger partial charge in [0.15, 0.2) is 0 Å². The van der Waals surface area contributed by atoms with E-state index in [0.717, 1.165) is 12.1 Å². The zero-order valence-electron chi connectivity index (χ0n) is 14.3. The minimum absolute atomic E-state index is 0. The summed E-state index contributed by atoms with van der Waals surface area (Å²) in [6.07, 6.45) is 0.869. The summed E-state index contributed by atoms with van der Waals surface area (Å²) in [7, 11) is -16.1. The molecule has 0 spiro atoms. The van der Waals surface area contributed by atoms with E-state index < -0.39 is 50.6 Å². The molecule has 0 fully saturated rings. The standard InChI is InChI=1S/C12H10O9S3.Mg.2H/c1-2-7-8-5-3-4-6-9(8)11(23(16,17)18)12(24(19,20)21)10(7)22(13,14)15;;;/h2-6H,1H2,(H,13,14,15)(H,16,17,18)(H,19,20,21);;;/q;+2;2*-1. The van der Waals surface area contributed by atoms with Crippen LogP contribution in [0.15, 0.2) is 45.5 Å². The van der Waals surface area contributed by atoms with Crippen LogP contribution in [-0.4, -0.2) is 62.0 Å². The van der Waals surface area contributed by atoms with Gasteiger partial charge in [0, 0.05) is 10.9 Å². The predicted octanol–water partition coefficient (Wildman–Crippen LogP) is 1.07. The first kappa shape index (κ1) is 22.0. The van der Waals surface area contributed by atoms with E-state index in [1.807, 2.05) is 0 Å². The molecule has 2 aromatic rings. The molecule has 0 aliphatic heterocycles. The predicted molar refractivity (Wildman–Crippen MR) is 91.5 cm³/mol. The maximum absolute atomic E-state index is 11.7. The van der Waals surface area contributed by atoms with Crippen LogP contribution in [0.3, 0.4) is 0 Å². The van der Waals surface area contributed by atoms with Crippen molar-refractivity contribution in [1.82, 2.24) is 0 Å². The second kappa shape index (κ2) is 6.92.